The third kappa shape index (κ3) is 2.20. The van der Waals surface area contributed by atoms with E-state index in [-0.39, 0.29) is 35.2 Å². The van der Waals surface area contributed by atoms with Crippen LogP contribution in [0.4, 0.5) is 0 Å². The minimum absolute atomic E-state index is 0.0712. The molecule has 4 aliphatic carbocycles. The van der Waals surface area contributed by atoms with Crippen molar-refractivity contribution in [1.29, 1.82) is 0 Å². The van der Waals surface area contributed by atoms with Gasteiger partial charge in [-0.3, -0.25) is 4.79 Å². The maximum atomic E-state index is 12.3. The van der Waals surface area contributed by atoms with Crippen molar-refractivity contribution in [2.24, 2.45) is 34.5 Å². The van der Waals surface area contributed by atoms with E-state index in [4.69, 9.17) is 0 Å². The lowest BCUT2D eigenvalue weighted by molar-refractivity contribution is -0.132. The molecule has 0 saturated heterocycles. The average molecular weight is 332 g/mol. The van der Waals surface area contributed by atoms with E-state index in [1.807, 2.05) is 0 Å². The molecule has 4 rings (SSSR count). The number of fused-ring (bicyclic) bond motifs is 5. The first-order chi connectivity index (χ1) is 11.4. The summed E-state index contributed by atoms with van der Waals surface area (Å²) < 4.78 is 0. The minimum Gasteiger partial charge on any atom is -0.389 e. The summed E-state index contributed by atoms with van der Waals surface area (Å²) >= 11 is 0. The molecule has 0 aromatic carbocycles. The van der Waals surface area contributed by atoms with Crippen LogP contribution in [-0.2, 0) is 4.79 Å². The Bertz CT molecular complexity index is 567. The molecule has 7 atom stereocenters. The average Bonchev–Trinajstić information content (AvgIpc) is 2.92. The fraction of sp³-hybridized carbons (Fsp3) is 0.857. The second kappa shape index (κ2) is 5.67. The van der Waals surface area contributed by atoms with Crippen molar-refractivity contribution in [2.75, 3.05) is 6.61 Å². The summed E-state index contributed by atoms with van der Waals surface area (Å²) in [6, 6.07) is 0. The first-order valence-electron chi connectivity index (χ1n) is 9.93. The van der Waals surface area contributed by atoms with E-state index in [9.17, 15) is 15.0 Å². The standard InChI is InChI=1S/C21H32O3/c1-20-9-7-14(23)11-13(20)3-4-15-16-5-6-18(19(24)12-22)21(16,2)10-8-17(15)20/h11,14-18,22-23H,3-10,12H2,1-2H3/t14-,15+,16-,17-,18-,20+,21+/m1/s1. The number of rotatable bonds is 2. The van der Waals surface area contributed by atoms with Crippen molar-refractivity contribution >= 4 is 5.78 Å². The number of allylic oxidation sites excluding steroid dienone is 1. The monoisotopic (exact) mass is 332 g/mol. The molecule has 3 nitrogen and oxygen atoms in total. The quantitative estimate of drug-likeness (QED) is 0.761. The molecule has 0 unspecified atom stereocenters. The molecule has 3 saturated carbocycles. The molecule has 3 heteroatoms. The molecule has 0 bridgehead atoms. The zero-order valence-corrected chi connectivity index (χ0v) is 15.1. The highest BCUT2D eigenvalue weighted by molar-refractivity contribution is 5.83. The van der Waals surface area contributed by atoms with E-state index in [0.29, 0.717) is 11.8 Å². The van der Waals surface area contributed by atoms with Crippen LogP contribution in [0.3, 0.4) is 0 Å². The van der Waals surface area contributed by atoms with Gasteiger partial charge in [0.15, 0.2) is 5.78 Å². The van der Waals surface area contributed by atoms with E-state index in [1.54, 1.807) is 0 Å². The van der Waals surface area contributed by atoms with Crippen molar-refractivity contribution in [3.05, 3.63) is 11.6 Å². The van der Waals surface area contributed by atoms with Crippen molar-refractivity contribution in [3.63, 3.8) is 0 Å². The van der Waals surface area contributed by atoms with Crippen LogP contribution in [0.15, 0.2) is 11.6 Å². The van der Waals surface area contributed by atoms with Crippen LogP contribution in [0.25, 0.3) is 0 Å². The normalized spacial score (nSPS) is 50.5. The van der Waals surface area contributed by atoms with Crippen LogP contribution in [0, 0.1) is 34.5 Å². The molecule has 134 valence electrons. The Labute approximate surface area is 145 Å². The highest BCUT2D eigenvalue weighted by atomic mass is 16.3. The van der Waals surface area contributed by atoms with E-state index in [2.05, 4.69) is 19.9 Å². The predicted octanol–water partition coefficient (Wildman–Crippen LogP) is 3.49. The van der Waals surface area contributed by atoms with Gasteiger partial charge in [-0.15, -0.1) is 0 Å². The van der Waals surface area contributed by atoms with E-state index in [0.717, 1.165) is 44.4 Å². The van der Waals surface area contributed by atoms with Gasteiger partial charge >= 0.3 is 0 Å². The van der Waals surface area contributed by atoms with Crippen LogP contribution in [0.2, 0.25) is 0 Å². The number of hydrogen-bond acceptors (Lipinski definition) is 3. The van der Waals surface area contributed by atoms with Gasteiger partial charge in [0.25, 0.3) is 0 Å². The number of aliphatic hydroxyl groups excluding tert-OH is 2. The second-order valence-corrected chi connectivity index (χ2v) is 9.43. The number of hydrogen-bond donors (Lipinski definition) is 2. The largest absolute Gasteiger partial charge is 0.389 e. The molecule has 0 aromatic heterocycles. The lowest BCUT2D eigenvalue weighted by Crippen LogP contribution is -2.51. The predicted molar refractivity (Wildman–Crippen MR) is 93.3 cm³/mol. The molecule has 4 aliphatic rings. The van der Waals surface area contributed by atoms with Crippen molar-refractivity contribution in [3.8, 4) is 0 Å². The van der Waals surface area contributed by atoms with Gasteiger partial charge in [-0.05, 0) is 80.0 Å². The van der Waals surface area contributed by atoms with Crippen LogP contribution in [-0.4, -0.2) is 28.7 Å². The van der Waals surface area contributed by atoms with E-state index < -0.39 is 0 Å². The maximum Gasteiger partial charge on any atom is 0.161 e. The minimum atomic E-state index is -0.288. The molecule has 2 N–H and O–H groups in total. The molecule has 0 aliphatic heterocycles. The summed E-state index contributed by atoms with van der Waals surface area (Å²) in [5.74, 6) is 2.22. The number of carbonyl (C=O) groups is 1. The van der Waals surface area contributed by atoms with Gasteiger partial charge < -0.3 is 10.2 Å². The van der Waals surface area contributed by atoms with Gasteiger partial charge in [0.2, 0.25) is 0 Å². The molecule has 0 spiro atoms. The number of ketones is 1. The van der Waals surface area contributed by atoms with Gasteiger partial charge in [-0.1, -0.05) is 25.5 Å². The van der Waals surface area contributed by atoms with Crippen LogP contribution in [0.5, 0.6) is 0 Å². The van der Waals surface area contributed by atoms with Crippen molar-refractivity contribution < 1.29 is 15.0 Å². The molecule has 0 aromatic rings. The molecule has 0 radical (unpaired) electrons. The first-order valence-corrected chi connectivity index (χ1v) is 9.93. The topological polar surface area (TPSA) is 57.5 Å². The third-order valence-corrected chi connectivity index (χ3v) is 8.63. The SMILES string of the molecule is C[C@]12CC[C@@H]3[C@@H](CCC4=C[C@H](O)CC[C@@]43C)[C@H]1CC[C@@H]2C(=O)CO. The van der Waals surface area contributed by atoms with Gasteiger partial charge in [0, 0.05) is 5.92 Å². The van der Waals surface area contributed by atoms with Gasteiger partial charge in [0.1, 0.15) is 6.61 Å². The van der Waals surface area contributed by atoms with Gasteiger partial charge in [-0.25, -0.2) is 0 Å². The molecule has 0 heterocycles. The lowest BCUT2D eigenvalue weighted by Gasteiger charge is -2.58. The summed E-state index contributed by atoms with van der Waals surface area (Å²) in [6.45, 7) is 4.48. The van der Waals surface area contributed by atoms with Crippen molar-refractivity contribution in [2.45, 2.75) is 71.3 Å². The summed E-state index contributed by atoms with van der Waals surface area (Å²) in [5, 5.41) is 19.4. The van der Waals surface area contributed by atoms with E-state index in [1.165, 1.54) is 18.4 Å². The Hall–Kier alpha value is -0.670. The lowest BCUT2D eigenvalue weighted by atomic mass is 9.46. The maximum absolute atomic E-state index is 12.3. The summed E-state index contributed by atoms with van der Waals surface area (Å²) in [7, 11) is 0. The first kappa shape index (κ1) is 16.8. The van der Waals surface area contributed by atoms with Gasteiger partial charge in [0.05, 0.1) is 6.10 Å². The fourth-order valence-electron chi connectivity index (χ4n) is 7.35. The fourth-order valence-corrected chi connectivity index (χ4v) is 7.35. The summed E-state index contributed by atoms with van der Waals surface area (Å²) in [6.07, 6.45) is 10.7. The zero-order chi connectivity index (χ0) is 17.1. The molecular formula is C21H32O3. The Balaban J connectivity index is 1.63. The highest BCUT2D eigenvalue weighted by Gasteiger charge is 2.59. The number of aliphatic hydroxyl groups is 2. The van der Waals surface area contributed by atoms with Crippen LogP contribution < -0.4 is 0 Å². The number of carbonyl (C=O) groups excluding carboxylic acids is 1. The Morgan fingerprint density at radius 1 is 1.12 bits per heavy atom. The summed E-state index contributed by atoms with van der Waals surface area (Å²) in [4.78, 5) is 12.3. The number of Topliss-reactive ketones (excluding diaryl/α,β-unsaturated/α-hetero) is 1. The summed E-state index contributed by atoms with van der Waals surface area (Å²) in [5.41, 5.74) is 1.88. The molecule has 0 amide bonds. The molecule has 24 heavy (non-hydrogen) atoms. The molecular weight excluding hydrogens is 300 g/mol. The smallest absolute Gasteiger partial charge is 0.161 e. The highest BCUT2D eigenvalue weighted by Crippen LogP contribution is 2.66. The zero-order valence-electron chi connectivity index (χ0n) is 15.1. The van der Waals surface area contributed by atoms with E-state index >= 15 is 0 Å². The Morgan fingerprint density at radius 3 is 2.67 bits per heavy atom. The third-order valence-electron chi connectivity index (χ3n) is 8.63. The van der Waals surface area contributed by atoms with Crippen LogP contribution >= 0.6 is 0 Å². The second-order valence-electron chi connectivity index (χ2n) is 9.43. The Morgan fingerprint density at radius 2 is 1.92 bits per heavy atom. The van der Waals surface area contributed by atoms with Crippen molar-refractivity contribution in [1.82, 2.24) is 0 Å². The van der Waals surface area contributed by atoms with Gasteiger partial charge in [-0.2, -0.15) is 0 Å². The Kier molecular flexibility index (Phi) is 3.96. The van der Waals surface area contributed by atoms with Crippen LogP contribution in [0.1, 0.15) is 65.2 Å². The molecule has 3 fully saturated rings.